The molecule has 1 fully saturated rings. The molecule has 112 valence electrons. The smallest absolute Gasteiger partial charge is 0.342 e. The van der Waals surface area contributed by atoms with Crippen molar-refractivity contribution in [2.45, 2.75) is 38.1 Å². The van der Waals surface area contributed by atoms with E-state index < -0.39 is 11.2 Å². The fourth-order valence-corrected chi connectivity index (χ4v) is 2.10. The zero-order valence-corrected chi connectivity index (χ0v) is 12.4. The molecule has 0 aliphatic heterocycles. The number of esters is 1. The van der Waals surface area contributed by atoms with Crippen LogP contribution in [0.25, 0.3) is 0 Å². The van der Waals surface area contributed by atoms with E-state index in [2.05, 4.69) is 10.2 Å². The Bertz CT molecular complexity index is 536. The van der Waals surface area contributed by atoms with E-state index in [0.29, 0.717) is 12.5 Å². The van der Waals surface area contributed by atoms with E-state index in [4.69, 9.17) is 4.74 Å². The lowest BCUT2D eigenvalue weighted by Gasteiger charge is -2.24. The SMILES string of the molecule is CC.O=C(CSc1n[nH]c(=O)[nH]c1=O)OCC1CCC1. The normalized spacial score (nSPS) is 13.9. The van der Waals surface area contributed by atoms with Crippen molar-refractivity contribution in [2.75, 3.05) is 12.4 Å². The summed E-state index contributed by atoms with van der Waals surface area (Å²) in [5.74, 6) is 0.127. The minimum Gasteiger partial charge on any atom is -0.465 e. The van der Waals surface area contributed by atoms with Crippen LogP contribution in [-0.4, -0.2) is 33.5 Å². The van der Waals surface area contributed by atoms with Gasteiger partial charge in [-0.3, -0.25) is 14.6 Å². The minimum absolute atomic E-state index is 0.00877. The lowest BCUT2D eigenvalue weighted by atomic mass is 9.86. The van der Waals surface area contributed by atoms with E-state index in [1.54, 1.807) is 0 Å². The maximum Gasteiger partial charge on any atom is 0.342 e. The molecule has 0 spiro atoms. The molecule has 1 aromatic rings. The van der Waals surface area contributed by atoms with Crippen molar-refractivity contribution >= 4 is 17.7 Å². The third-order valence-corrected chi connectivity index (χ3v) is 3.64. The summed E-state index contributed by atoms with van der Waals surface area (Å²) < 4.78 is 5.06. The van der Waals surface area contributed by atoms with Crippen LogP contribution in [0.1, 0.15) is 33.1 Å². The molecule has 1 aromatic heterocycles. The highest BCUT2D eigenvalue weighted by Gasteiger charge is 2.19. The van der Waals surface area contributed by atoms with Gasteiger partial charge in [0.15, 0.2) is 5.03 Å². The summed E-state index contributed by atoms with van der Waals surface area (Å²) in [6.45, 7) is 4.45. The summed E-state index contributed by atoms with van der Waals surface area (Å²) >= 11 is 0.942. The standard InChI is InChI=1S/C10H13N3O4S.C2H6/c14-7(17-4-6-2-1-3-6)5-18-9-8(15)11-10(16)13-12-9;1-2/h6H,1-5H2,(H2,11,13,15,16);1-2H3. The van der Waals surface area contributed by atoms with Gasteiger partial charge in [0.2, 0.25) is 0 Å². The monoisotopic (exact) mass is 301 g/mol. The van der Waals surface area contributed by atoms with Gasteiger partial charge in [0.1, 0.15) is 0 Å². The molecule has 1 aliphatic carbocycles. The molecule has 1 saturated carbocycles. The molecular formula is C12H19N3O4S. The summed E-state index contributed by atoms with van der Waals surface area (Å²) in [6.07, 6.45) is 3.43. The van der Waals surface area contributed by atoms with Gasteiger partial charge in [-0.2, -0.15) is 5.10 Å². The number of thioether (sulfide) groups is 1. The summed E-state index contributed by atoms with van der Waals surface area (Å²) in [5.41, 5.74) is -1.27. The van der Waals surface area contributed by atoms with Gasteiger partial charge in [-0.15, -0.1) is 0 Å². The highest BCUT2D eigenvalue weighted by Crippen LogP contribution is 2.26. The van der Waals surface area contributed by atoms with Gasteiger partial charge >= 0.3 is 11.7 Å². The third kappa shape index (κ3) is 5.20. The Labute approximate surface area is 120 Å². The first kappa shape index (κ1) is 16.5. The largest absolute Gasteiger partial charge is 0.465 e. The van der Waals surface area contributed by atoms with Gasteiger partial charge in [0, 0.05) is 0 Å². The van der Waals surface area contributed by atoms with Crippen molar-refractivity contribution in [1.29, 1.82) is 0 Å². The molecule has 1 heterocycles. The molecule has 2 rings (SSSR count). The zero-order chi connectivity index (χ0) is 15.0. The second-order valence-electron chi connectivity index (χ2n) is 4.08. The predicted octanol–water partition coefficient (Wildman–Crippen LogP) is 0.920. The first-order valence-electron chi connectivity index (χ1n) is 6.62. The number of hydrogen-bond donors (Lipinski definition) is 2. The molecule has 7 nitrogen and oxygen atoms in total. The maximum absolute atomic E-state index is 11.4. The first-order valence-corrected chi connectivity index (χ1v) is 7.61. The van der Waals surface area contributed by atoms with Crippen LogP contribution >= 0.6 is 11.8 Å². The number of H-pyrrole nitrogens is 2. The first-order chi connectivity index (χ1) is 9.65. The van der Waals surface area contributed by atoms with Crippen LogP contribution in [0, 0.1) is 5.92 Å². The maximum atomic E-state index is 11.4. The molecule has 2 N–H and O–H groups in total. The fraction of sp³-hybridized carbons (Fsp3) is 0.667. The Morgan fingerprint density at radius 1 is 1.40 bits per heavy atom. The van der Waals surface area contributed by atoms with Gasteiger partial charge in [-0.05, 0) is 18.8 Å². The number of ether oxygens (including phenoxy) is 1. The summed E-state index contributed by atoms with van der Waals surface area (Å²) in [7, 11) is 0. The van der Waals surface area contributed by atoms with E-state index in [1.807, 2.05) is 18.8 Å². The number of aromatic amines is 2. The third-order valence-electron chi connectivity index (χ3n) is 2.71. The van der Waals surface area contributed by atoms with Crippen molar-refractivity contribution in [3.05, 3.63) is 20.8 Å². The summed E-state index contributed by atoms with van der Waals surface area (Å²) in [6, 6.07) is 0. The molecule has 8 heteroatoms. The number of nitrogens with one attached hydrogen (secondary N) is 2. The molecule has 0 atom stereocenters. The van der Waals surface area contributed by atoms with Crippen LogP contribution in [-0.2, 0) is 9.53 Å². The molecule has 0 unspecified atom stereocenters. The Hall–Kier alpha value is -1.57. The summed E-state index contributed by atoms with van der Waals surface area (Å²) in [5, 5.41) is 5.70. The minimum atomic E-state index is -0.670. The van der Waals surface area contributed by atoms with Gasteiger partial charge in [-0.25, -0.2) is 9.89 Å². The number of hydrogen-bond acceptors (Lipinski definition) is 6. The Morgan fingerprint density at radius 3 is 2.65 bits per heavy atom. The van der Waals surface area contributed by atoms with Crippen molar-refractivity contribution in [3.8, 4) is 0 Å². The highest BCUT2D eigenvalue weighted by atomic mass is 32.2. The molecular weight excluding hydrogens is 282 g/mol. The average molecular weight is 301 g/mol. The number of rotatable bonds is 5. The number of aromatic nitrogens is 3. The van der Waals surface area contributed by atoms with Crippen LogP contribution in [0.15, 0.2) is 14.6 Å². The van der Waals surface area contributed by atoms with Crippen LogP contribution in [0.5, 0.6) is 0 Å². The second kappa shape index (κ2) is 8.57. The van der Waals surface area contributed by atoms with Crippen LogP contribution in [0.3, 0.4) is 0 Å². The molecule has 1 aliphatic rings. The van der Waals surface area contributed by atoms with Crippen LogP contribution < -0.4 is 11.2 Å². The van der Waals surface area contributed by atoms with E-state index in [1.165, 1.54) is 6.42 Å². The van der Waals surface area contributed by atoms with Crippen molar-refractivity contribution in [3.63, 3.8) is 0 Å². The van der Waals surface area contributed by atoms with Gasteiger partial charge in [0.05, 0.1) is 12.4 Å². The summed E-state index contributed by atoms with van der Waals surface area (Å²) in [4.78, 5) is 35.4. The quantitative estimate of drug-likeness (QED) is 0.619. The van der Waals surface area contributed by atoms with Crippen molar-refractivity contribution in [2.24, 2.45) is 5.92 Å². The lowest BCUT2D eigenvalue weighted by Crippen LogP contribution is -2.25. The highest BCUT2D eigenvalue weighted by molar-refractivity contribution is 7.99. The molecule has 0 saturated heterocycles. The van der Waals surface area contributed by atoms with E-state index in [0.717, 1.165) is 24.6 Å². The Morgan fingerprint density at radius 2 is 2.10 bits per heavy atom. The average Bonchev–Trinajstić information content (AvgIpc) is 2.38. The van der Waals surface area contributed by atoms with Gasteiger partial charge < -0.3 is 4.74 Å². The number of carbonyl (C=O) groups is 1. The molecule has 0 bridgehead atoms. The van der Waals surface area contributed by atoms with Crippen LogP contribution in [0.2, 0.25) is 0 Å². The van der Waals surface area contributed by atoms with Gasteiger partial charge in [-0.1, -0.05) is 32.0 Å². The van der Waals surface area contributed by atoms with E-state index in [9.17, 15) is 14.4 Å². The van der Waals surface area contributed by atoms with E-state index in [-0.39, 0.29) is 16.7 Å². The predicted molar refractivity (Wildman–Crippen MR) is 75.9 cm³/mol. The molecule has 20 heavy (non-hydrogen) atoms. The van der Waals surface area contributed by atoms with Crippen molar-refractivity contribution < 1.29 is 9.53 Å². The fourth-order valence-electron chi connectivity index (χ4n) is 1.47. The topological polar surface area (TPSA) is 105 Å². The lowest BCUT2D eigenvalue weighted by molar-refractivity contribution is -0.142. The van der Waals surface area contributed by atoms with E-state index >= 15 is 0 Å². The Kier molecular flexibility index (Phi) is 7.06. The second-order valence-corrected chi connectivity index (χ2v) is 5.04. The molecule has 0 radical (unpaired) electrons. The number of nitrogens with zero attached hydrogens (tertiary/aromatic N) is 1. The molecule has 0 amide bonds. The van der Waals surface area contributed by atoms with Crippen LogP contribution in [0.4, 0.5) is 0 Å². The Balaban J connectivity index is 0.000000956. The van der Waals surface area contributed by atoms with Gasteiger partial charge in [0.25, 0.3) is 5.56 Å². The molecule has 0 aromatic carbocycles. The van der Waals surface area contributed by atoms with Crippen molar-refractivity contribution in [1.82, 2.24) is 15.2 Å². The zero-order valence-electron chi connectivity index (χ0n) is 11.6. The number of carbonyl (C=O) groups excluding carboxylic acids is 1.